The molecule has 1 aliphatic carbocycles. The zero-order valence-electron chi connectivity index (χ0n) is 11.1. The number of nitrogens with zero attached hydrogens (tertiary/aromatic N) is 2. The van der Waals surface area contributed by atoms with E-state index in [4.69, 9.17) is 5.73 Å². The predicted octanol–water partition coefficient (Wildman–Crippen LogP) is 2.31. The molecule has 18 heavy (non-hydrogen) atoms. The lowest BCUT2D eigenvalue weighted by Gasteiger charge is -2.33. The molecular weight excluding hydrogens is 226 g/mol. The molecule has 0 atom stereocenters. The Bertz CT molecular complexity index is 408. The normalized spacial score (nSPS) is 23.7. The molecule has 0 spiro atoms. The van der Waals surface area contributed by atoms with Crippen molar-refractivity contribution in [3.63, 3.8) is 0 Å². The largest absolute Gasteiger partial charge is 0.384 e. The minimum atomic E-state index is 0.0436. The van der Waals surface area contributed by atoms with Crippen molar-refractivity contribution in [1.29, 1.82) is 0 Å². The second-order valence-corrected chi connectivity index (χ2v) is 5.30. The highest BCUT2D eigenvalue weighted by Gasteiger charge is 2.25. The molecule has 1 amide bonds. The van der Waals surface area contributed by atoms with E-state index in [0.29, 0.717) is 17.4 Å². The van der Waals surface area contributed by atoms with Gasteiger partial charge in [0.2, 0.25) is 0 Å². The molecular formula is C14H21N3O. The molecule has 1 fully saturated rings. The molecule has 4 heteroatoms. The van der Waals surface area contributed by atoms with Crippen LogP contribution >= 0.6 is 0 Å². The summed E-state index contributed by atoms with van der Waals surface area (Å²) in [5.74, 6) is 1.28. The molecule has 2 N–H and O–H groups in total. The van der Waals surface area contributed by atoms with Gasteiger partial charge in [-0.05, 0) is 43.7 Å². The highest BCUT2D eigenvalue weighted by atomic mass is 16.2. The molecule has 0 saturated heterocycles. The smallest absolute Gasteiger partial charge is 0.255 e. The van der Waals surface area contributed by atoms with Crippen LogP contribution in [0.2, 0.25) is 0 Å². The lowest BCUT2D eigenvalue weighted by Crippen LogP contribution is -2.39. The SMILES string of the molecule is CC1CCC(N(C)C(=O)c2ccc(N)nc2)CC1. The van der Waals surface area contributed by atoms with Gasteiger partial charge in [-0.25, -0.2) is 4.98 Å². The van der Waals surface area contributed by atoms with Crippen molar-refractivity contribution in [1.82, 2.24) is 9.88 Å². The third-order valence-corrected chi connectivity index (χ3v) is 3.89. The molecule has 1 heterocycles. The van der Waals surface area contributed by atoms with E-state index in [9.17, 15) is 4.79 Å². The van der Waals surface area contributed by atoms with Crippen LogP contribution in [0.4, 0.5) is 5.82 Å². The van der Waals surface area contributed by atoms with E-state index in [0.717, 1.165) is 18.8 Å². The lowest BCUT2D eigenvalue weighted by molar-refractivity contribution is 0.0679. The van der Waals surface area contributed by atoms with Crippen LogP contribution in [0.15, 0.2) is 18.3 Å². The van der Waals surface area contributed by atoms with E-state index >= 15 is 0 Å². The molecule has 0 bridgehead atoms. The summed E-state index contributed by atoms with van der Waals surface area (Å²) < 4.78 is 0. The molecule has 4 nitrogen and oxygen atoms in total. The minimum absolute atomic E-state index is 0.0436. The summed E-state index contributed by atoms with van der Waals surface area (Å²) in [7, 11) is 1.89. The van der Waals surface area contributed by atoms with E-state index in [1.54, 1.807) is 18.3 Å². The molecule has 2 rings (SSSR count). The summed E-state index contributed by atoms with van der Waals surface area (Å²) in [4.78, 5) is 18.1. The van der Waals surface area contributed by atoms with Crippen LogP contribution in [-0.2, 0) is 0 Å². The van der Waals surface area contributed by atoms with E-state index in [2.05, 4.69) is 11.9 Å². The number of aromatic nitrogens is 1. The van der Waals surface area contributed by atoms with E-state index in [1.165, 1.54) is 12.8 Å². The number of amides is 1. The number of nitrogen functional groups attached to an aromatic ring is 1. The summed E-state index contributed by atoms with van der Waals surface area (Å²) in [6.07, 6.45) is 6.18. The number of hydrogen-bond acceptors (Lipinski definition) is 3. The maximum absolute atomic E-state index is 12.3. The predicted molar refractivity (Wildman–Crippen MR) is 72.2 cm³/mol. The number of carbonyl (C=O) groups excluding carboxylic acids is 1. The number of anilines is 1. The van der Waals surface area contributed by atoms with Crippen molar-refractivity contribution >= 4 is 11.7 Å². The van der Waals surface area contributed by atoms with Crippen LogP contribution in [0.3, 0.4) is 0 Å². The second-order valence-electron chi connectivity index (χ2n) is 5.30. The van der Waals surface area contributed by atoms with Gasteiger partial charge in [-0.3, -0.25) is 4.79 Å². The fourth-order valence-corrected chi connectivity index (χ4v) is 2.53. The van der Waals surface area contributed by atoms with Crippen LogP contribution in [0.1, 0.15) is 43.0 Å². The van der Waals surface area contributed by atoms with Gasteiger partial charge in [0.05, 0.1) is 5.56 Å². The molecule has 1 aromatic heterocycles. The monoisotopic (exact) mass is 247 g/mol. The minimum Gasteiger partial charge on any atom is -0.384 e. The topological polar surface area (TPSA) is 59.2 Å². The summed E-state index contributed by atoms with van der Waals surface area (Å²) in [6, 6.07) is 3.78. The van der Waals surface area contributed by atoms with Gasteiger partial charge < -0.3 is 10.6 Å². The Morgan fingerprint density at radius 1 is 1.33 bits per heavy atom. The molecule has 0 aliphatic heterocycles. The first kappa shape index (κ1) is 12.9. The average Bonchev–Trinajstić information content (AvgIpc) is 2.39. The quantitative estimate of drug-likeness (QED) is 0.872. The molecule has 1 saturated carbocycles. The standard InChI is InChI=1S/C14H21N3O/c1-10-3-6-12(7-4-10)17(2)14(18)11-5-8-13(15)16-9-11/h5,8-10,12H,3-4,6-7H2,1-2H3,(H2,15,16). The molecule has 0 radical (unpaired) electrons. The third kappa shape index (κ3) is 2.81. The highest BCUT2D eigenvalue weighted by Crippen LogP contribution is 2.27. The Hall–Kier alpha value is -1.58. The van der Waals surface area contributed by atoms with E-state index in [-0.39, 0.29) is 5.91 Å². The van der Waals surface area contributed by atoms with Crippen LogP contribution < -0.4 is 5.73 Å². The molecule has 1 aromatic rings. The Balaban J connectivity index is 2.02. The number of carbonyl (C=O) groups is 1. The van der Waals surface area contributed by atoms with Crippen molar-refractivity contribution in [3.8, 4) is 0 Å². The maximum Gasteiger partial charge on any atom is 0.255 e. The third-order valence-electron chi connectivity index (χ3n) is 3.89. The fourth-order valence-electron chi connectivity index (χ4n) is 2.53. The Morgan fingerprint density at radius 2 is 2.00 bits per heavy atom. The highest BCUT2D eigenvalue weighted by molar-refractivity contribution is 5.94. The summed E-state index contributed by atoms with van der Waals surface area (Å²) in [6.45, 7) is 2.28. The first-order valence-corrected chi connectivity index (χ1v) is 6.56. The average molecular weight is 247 g/mol. The van der Waals surface area contributed by atoms with Gasteiger partial charge in [0.25, 0.3) is 5.91 Å². The summed E-state index contributed by atoms with van der Waals surface area (Å²) in [5, 5.41) is 0. The molecule has 1 aliphatic rings. The number of pyridine rings is 1. The van der Waals surface area contributed by atoms with Crippen molar-refractivity contribution in [2.24, 2.45) is 5.92 Å². The number of hydrogen-bond donors (Lipinski definition) is 1. The van der Waals surface area contributed by atoms with Gasteiger partial charge in [-0.1, -0.05) is 6.92 Å². The zero-order valence-corrected chi connectivity index (χ0v) is 11.1. The van der Waals surface area contributed by atoms with Crippen molar-refractivity contribution in [2.75, 3.05) is 12.8 Å². The maximum atomic E-state index is 12.3. The van der Waals surface area contributed by atoms with Crippen molar-refractivity contribution in [2.45, 2.75) is 38.6 Å². The first-order chi connectivity index (χ1) is 8.58. The lowest BCUT2D eigenvalue weighted by atomic mass is 9.86. The second kappa shape index (κ2) is 5.38. The molecule has 0 unspecified atom stereocenters. The first-order valence-electron chi connectivity index (χ1n) is 6.56. The van der Waals surface area contributed by atoms with Crippen molar-refractivity contribution in [3.05, 3.63) is 23.9 Å². The Kier molecular flexibility index (Phi) is 3.84. The fraction of sp³-hybridized carbons (Fsp3) is 0.571. The molecule has 98 valence electrons. The van der Waals surface area contributed by atoms with Gasteiger partial charge in [0.15, 0.2) is 0 Å². The zero-order chi connectivity index (χ0) is 13.1. The summed E-state index contributed by atoms with van der Waals surface area (Å²) >= 11 is 0. The van der Waals surface area contributed by atoms with Crippen molar-refractivity contribution < 1.29 is 4.79 Å². The van der Waals surface area contributed by atoms with E-state index in [1.807, 2.05) is 11.9 Å². The van der Waals surface area contributed by atoms with Crippen LogP contribution in [0, 0.1) is 5.92 Å². The van der Waals surface area contributed by atoms with E-state index < -0.39 is 0 Å². The van der Waals surface area contributed by atoms with Crippen LogP contribution in [0.25, 0.3) is 0 Å². The van der Waals surface area contributed by atoms with Gasteiger partial charge in [-0.15, -0.1) is 0 Å². The van der Waals surface area contributed by atoms with Gasteiger partial charge in [0, 0.05) is 19.3 Å². The van der Waals surface area contributed by atoms with Crippen LogP contribution in [-0.4, -0.2) is 28.9 Å². The Morgan fingerprint density at radius 3 is 2.56 bits per heavy atom. The number of rotatable bonds is 2. The Labute approximate surface area is 108 Å². The van der Waals surface area contributed by atoms with Gasteiger partial charge in [0.1, 0.15) is 5.82 Å². The van der Waals surface area contributed by atoms with Crippen LogP contribution in [0.5, 0.6) is 0 Å². The molecule has 0 aromatic carbocycles. The van der Waals surface area contributed by atoms with Gasteiger partial charge in [-0.2, -0.15) is 0 Å². The number of nitrogens with two attached hydrogens (primary N) is 1. The summed E-state index contributed by atoms with van der Waals surface area (Å²) in [5.41, 5.74) is 6.14. The van der Waals surface area contributed by atoms with Gasteiger partial charge >= 0.3 is 0 Å².